The van der Waals surface area contributed by atoms with E-state index in [0.29, 0.717) is 6.42 Å². The fourth-order valence-corrected chi connectivity index (χ4v) is 5.21. The van der Waals surface area contributed by atoms with Crippen molar-refractivity contribution in [2.75, 3.05) is 6.61 Å². The predicted molar refractivity (Wildman–Crippen MR) is 91.8 cm³/mol. The lowest BCUT2D eigenvalue weighted by Crippen LogP contribution is -2.57. The Labute approximate surface area is 143 Å². The SMILES string of the molecule is C=C1CCC2C(C)(CO)C(O)CCC2(C)C1/C=C\C1C=COC1=O. The van der Waals surface area contributed by atoms with Crippen LogP contribution in [0.2, 0.25) is 0 Å². The Morgan fingerprint density at radius 2 is 2.12 bits per heavy atom. The highest BCUT2D eigenvalue weighted by Gasteiger charge is 2.57. The van der Waals surface area contributed by atoms with E-state index < -0.39 is 11.5 Å². The molecule has 2 saturated carbocycles. The quantitative estimate of drug-likeness (QED) is 0.616. The standard InChI is InChI=1S/C20H28O4/c1-13-4-7-16-19(2,10-8-17(22)20(16,3)12-21)15(13)6-5-14-9-11-24-18(14)23/h5-6,9,11,14-17,21-22H,1,4,7-8,10,12H2,2-3H3/b6-5-. The van der Waals surface area contributed by atoms with Crippen molar-refractivity contribution >= 4 is 5.97 Å². The predicted octanol–water partition coefficient (Wildman–Crippen LogP) is 2.97. The first-order chi connectivity index (χ1) is 11.3. The molecule has 3 aliphatic rings. The van der Waals surface area contributed by atoms with Gasteiger partial charge in [0.25, 0.3) is 0 Å². The van der Waals surface area contributed by atoms with Crippen LogP contribution in [0, 0.1) is 28.6 Å². The summed E-state index contributed by atoms with van der Waals surface area (Å²) in [6.45, 7) is 8.53. The van der Waals surface area contributed by atoms with Gasteiger partial charge < -0.3 is 14.9 Å². The lowest BCUT2D eigenvalue weighted by atomic mass is 9.46. The van der Waals surface area contributed by atoms with E-state index >= 15 is 0 Å². The van der Waals surface area contributed by atoms with Crippen LogP contribution in [-0.2, 0) is 9.53 Å². The Bertz CT molecular complexity index is 592. The molecule has 2 fully saturated rings. The van der Waals surface area contributed by atoms with Crippen LogP contribution in [0.25, 0.3) is 0 Å². The summed E-state index contributed by atoms with van der Waals surface area (Å²) in [5, 5.41) is 20.5. The first-order valence-electron chi connectivity index (χ1n) is 8.85. The number of aliphatic hydroxyl groups excluding tert-OH is 2. The van der Waals surface area contributed by atoms with Crippen molar-refractivity contribution in [1.29, 1.82) is 0 Å². The largest absolute Gasteiger partial charge is 0.434 e. The van der Waals surface area contributed by atoms with Gasteiger partial charge in [-0.2, -0.15) is 0 Å². The maximum absolute atomic E-state index is 11.7. The Balaban J connectivity index is 1.91. The summed E-state index contributed by atoms with van der Waals surface area (Å²) in [7, 11) is 0. The smallest absolute Gasteiger partial charge is 0.321 e. The molecule has 0 bridgehead atoms. The molecular formula is C20H28O4. The molecule has 24 heavy (non-hydrogen) atoms. The monoisotopic (exact) mass is 332 g/mol. The summed E-state index contributed by atoms with van der Waals surface area (Å²) in [4.78, 5) is 11.7. The molecule has 6 atom stereocenters. The average Bonchev–Trinajstić information content (AvgIpc) is 2.96. The van der Waals surface area contributed by atoms with E-state index in [1.165, 1.54) is 11.8 Å². The lowest BCUT2D eigenvalue weighted by Gasteiger charge is -2.59. The second-order valence-corrected chi connectivity index (χ2v) is 8.13. The van der Waals surface area contributed by atoms with Crippen molar-refractivity contribution in [1.82, 2.24) is 0 Å². The molecule has 6 unspecified atom stereocenters. The molecule has 4 heteroatoms. The highest BCUT2D eigenvalue weighted by Crippen LogP contribution is 2.61. The average molecular weight is 332 g/mol. The third-order valence-electron chi connectivity index (χ3n) is 6.81. The topological polar surface area (TPSA) is 66.8 Å². The van der Waals surface area contributed by atoms with Gasteiger partial charge in [0.05, 0.1) is 24.9 Å². The summed E-state index contributed by atoms with van der Waals surface area (Å²) < 4.78 is 4.87. The molecule has 2 N–H and O–H groups in total. The van der Waals surface area contributed by atoms with Crippen molar-refractivity contribution in [3.8, 4) is 0 Å². The summed E-state index contributed by atoms with van der Waals surface area (Å²) >= 11 is 0. The first-order valence-corrected chi connectivity index (χ1v) is 8.85. The van der Waals surface area contributed by atoms with Crippen LogP contribution in [-0.4, -0.2) is 28.9 Å². The fourth-order valence-electron chi connectivity index (χ4n) is 5.21. The number of cyclic esters (lactones) is 1. The second kappa shape index (κ2) is 6.16. The van der Waals surface area contributed by atoms with Crippen LogP contribution in [0.15, 0.2) is 36.6 Å². The van der Waals surface area contributed by atoms with Gasteiger partial charge in [-0.15, -0.1) is 0 Å². The molecule has 0 radical (unpaired) electrons. The number of fused-ring (bicyclic) bond motifs is 1. The van der Waals surface area contributed by atoms with Gasteiger partial charge in [-0.1, -0.05) is 38.2 Å². The van der Waals surface area contributed by atoms with Crippen molar-refractivity contribution in [2.45, 2.75) is 45.6 Å². The first kappa shape index (κ1) is 17.4. The molecule has 0 saturated heterocycles. The Morgan fingerprint density at radius 1 is 1.38 bits per heavy atom. The van der Waals surface area contributed by atoms with E-state index in [1.807, 2.05) is 13.0 Å². The third-order valence-corrected chi connectivity index (χ3v) is 6.81. The number of carbonyl (C=O) groups excluding carboxylic acids is 1. The number of esters is 1. The Kier molecular flexibility index (Phi) is 4.47. The van der Waals surface area contributed by atoms with Crippen LogP contribution in [0.5, 0.6) is 0 Å². The second-order valence-electron chi connectivity index (χ2n) is 8.13. The maximum atomic E-state index is 11.7. The van der Waals surface area contributed by atoms with Gasteiger partial charge in [-0.3, -0.25) is 4.79 Å². The minimum atomic E-state index is -0.480. The normalized spacial score (nSPS) is 45.5. The summed E-state index contributed by atoms with van der Waals surface area (Å²) in [6, 6.07) is 0. The molecule has 3 rings (SSSR count). The molecule has 1 heterocycles. The summed E-state index contributed by atoms with van der Waals surface area (Å²) in [5.74, 6) is -0.185. The van der Waals surface area contributed by atoms with Gasteiger partial charge in [0.1, 0.15) is 0 Å². The van der Waals surface area contributed by atoms with Gasteiger partial charge in [0.15, 0.2) is 0 Å². The lowest BCUT2D eigenvalue weighted by molar-refractivity contribution is -0.146. The number of ether oxygens (including phenoxy) is 1. The fraction of sp³-hybridized carbons (Fsp3) is 0.650. The molecular weight excluding hydrogens is 304 g/mol. The number of aliphatic hydroxyl groups is 2. The molecule has 0 amide bonds. The van der Waals surface area contributed by atoms with Crippen LogP contribution in [0.1, 0.15) is 39.5 Å². The van der Waals surface area contributed by atoms with Crippen LogP contribution < -0.4 is 0 Å². The van der Waals surface area contributed by atoms with E-state index in [9.17, 15) is 15.0 Å². The van der Waals surface area contributed by atoms with Crippen LogP contribution in [0.4, 0.5) is 0 Å². The summed E-state index contributed by atoms with van der Waals surface area (Å²) in [5.41, 5.74) is 0.637. The Morgan fingerprint density at radius 3 is 2.75 bits per heavy atom. The molecule has 0 aromatic rings. The highest BCUT2D eigenvalue weighted by atomic mass is 16.5. The molecule has 0 spiro atoms. The van der Waals surface area contributed by atoms with Crippen molar-refractivity contribution in [3.63, 3.8) is 0 Å². The maximum Gasteiger partial charge on any atom is 0.321 e. The van der Waals surface area contributed by atoms with E-state index in [-0.39, 0.29) is 35.7 Å². The molecule has 0 aromatic heterocycles. The van der Waals surface area contributed by atoms with E-state index in [0.717, 1.165) is 19.3 Å². The van der Waals surface area contributed by atoms with Gasteiger partial charge in [-0.25, -0.2) is 0 Å². The highest BCUT2D eigenvalue weighted by molar-refractivity contribution is 5.79. The van der Waals surface area contributed by atoms with Crippen molar-refractivity contribution in [3.05, 3.63) is 36.6 Å². The van der Waals surface area contributed by atoms with Crippen molar-refractivity contribution < 1.29 is 19.7 Å². The van der Waals surface area contributed by atoms with E-state index in [2.05, 4.69) is 19.6 Å². The van der Waals surface area contributed by atoms with Crippen LogP contribution >= 0.6 is 0 Å². The zero-order valence-electron chi connectivity index (χ0n) is 14.6. The Hall–Kier alpha value is -1.39. The van der Waals surface area contributed by atoms with Gasteiger partial charge in [0.2, 0.25) is 0 Å². The molecule has 132 valence electrons. The van der Waals surface area contributed by atoms with Crippen molar-refractivity contribution in [2.24, 2.45) is 28.6 Å². The zero-order valence-corrected chi connectivity index (χ0v) is 14.6. The van der Waals surface area contributed by atoms with Gasteiger partial charge in [0, 0.05) is 11.3 Å². The number of carbonyl (C=O) groups is 1. The van der Waals surface area contributed by atoms with Crippen LogP contribution in [0.3, 0.4) is 0 Å². The molecule has 4 nitrogen and oxygen atoms in total. The van der Waals surface area contributed by atoms with E-state index in [4.69, 9.17) is 4.74 Å². The number of rotatable bonds is 3. The van der Waals surface area contributed by atoms with E-state index in [1.54, 1.807) is 6.08 Å². The number of hydrogen-bond donors (Lipinski definition) is 2. The van der Waals surface area contributed by atoms with Gasteiger partial charge >= 0.3 is 5.97 Å². The van der Waals surface area contributed by atoms with Gasteiger partial charge in [-0.05, 0) is 43.1 Å². The molecule has 0 aromatic carbocycles. The number of hydrogen-bond acceptors (Lipinski definition) is 4. The summed E-state index contributed by atoms with van der Waals surface area (Å²) in [6.07, 6.45) is 10.2. The minimum Gasteiger partial charge on any atom is -0.434 e. The third kappa shape index (κ3) is 2.56. The minimum absolute atomic E-state index is 0.00494. The zero-order chi connectivity index (χ0) is 17.5. The molecule has 1 aliphatic heterocycles. The number of allylic oxidation sites excluding steroid dienone is 2. The molecule has 2 aliphatic carbocycles.